The van der Waals surface area contributed by atoms with Gasteiger partial charge in [0.1, 0.15) is 11.0 Å². The highest BCUT2D eigenvalue weighted by Crippen LogP contribution is 2.23. The normalized spacial score (nSPS) is 11.6. The third-order valence-corrected chi connectivity index (χ3v) is 6.06. The SMILES string of the molecule is C=CCn1c(=O)c2cnc(Nc3ccc(N(CC)CCNC)cc3)nc2n1-c1cccc(C(C)(C)O)n1. The number of fused-ring (bicyclic) bond motifs is 1. The number of likely N-dealkylation sites (N-methyl/N-ethyl adjacent to an activating group) is 2. The monoisotopic (exact) mass is 502 g/mol. The van der Waals surface area contributed by atoms with Crippen molar-refractivity contribution in [3.8, 4) is 5.82 Å². The molecule has 0 unspecified atom stereocenters. The van der Waals surface area contributed by atoms with Crippen molar-refractivity contribution in [2.75, 3.05) is 36.9 Å². The second kappa shape index (κ2) is 10.9. The Morgan fingerprint density at radius 2 is 1.92 bits per heavy atom. The van der Waals surface area contributed by atoms with Crippen molar-refractivity contribution in [1.29, 1.82) is 0 Å². The molecule has 10 nitrogen and oxygen atoms in total. The summed E-state index contributed by atoms with van der Waals surface area (Å²) in [6.45, 7) is 12.2. The van der Waals surface area contributed by atoms with Crippen LogP contribution < -0.4 is 21.1 Å². The highest BCUT2D eigenvalue weighted by molar-refractivity contribution is 5.77. The van der Waals surface area contributed by atoms with Crippen molar-refractivity contribution in [2.24, 2.45) is 0 Å². The van der Waals surface area contributed by atoms with Crippen LogP contribution in [0.5, 0.6) is 0 Å². The van der Waals surface area contributed by atoms with Crippen LogP contribution in [0.4, 0.5) is 17.3 Å². The molecule has 194 valence electrons. The molecule has 3 N–H and O–H groups in total. The van der Waals surface area contributed by atoms with E-state index in [1.807, 2.05) is 19.2 Å². The lowest BCUT2D eigenvalue weighted by Crippen LogP contribution is -2.30. The Morgan fingerprint density at radius 1 is 1.16 bits per heavy atom. The van der Waals surface area contributed by atoms with Crippen LogP contribution in [0.2, 0.25) is 0 Å². The van der Waals surface area contributed by atoms with Crippen LogP contribution in [-0.2, 0) is 12.1 Å². The average Bonchev–Trinajstić information content (AvgIpc) is 3.16. The summed E-state index contributed by atoms with van der Waals surface area (Å²) in [7, 11) is 1.95. The quantitative estimate of drug-likeness (QED) is 0.268. The third-order valence-electron chi connectivity index (χ3n) is 6.06. The molecular weight excluding hydrogens is 468 g/mol. The summed E-state index contributed by atoms with van der Waals surface area (Å²) in [5.41, 5.74) is 1.46. The third kappa shape index (κ3) is 5.55. The van der Waals surface area contributed by atoms with E-state index in [1.165, 1.54) is 10.9 Å². The van der Waals surface area contributed by atoms with Crippen molar-refractivity contribution in [3.05, 3.63) is 77.4 Å². The molecule has 3 aromatic heterocycles. The zero-order chi connectivity index (χ0) is 26.6. The van der Waals surface area contributed by atoms with Gasteiger partial charge in [0.25, 0.3) is 5.56 Å². The molecule has 4 rings (SSSR count). The molecule has 3 heterocycles. The van der Waals surface area contributed by atoms with Crippen LogP contribution in [0.15, 0.2) is 66.1 Å². The number of nitrogens with zero attached hydrogens (tertiary/aromatic N) is 6. The Hall–Kier alpha value is -4.02. The lowest BCUT2D eigenvalue weighted by molar-refractivity contribution is 0.0738. The molecule has 0 bridgehead atoms. The maximum absolute atomic E-state index is 13.2. The second-order valence-corrected chi connectivity index (χ2v) is 9.21. The Labute approximate surface area is 216 Å². The zero-order valence-corrected chi connectivity index (χ0v) is 21.8. The smallest absolute Gasteiger partial charge is 0.278 e. The first-order valence-electron chi connectivity index (χ1n) is 12.3. The first-order chi connectivity index (χ1) is 17.8. The summed E-state index contributed by atoms with van der Waals surface area (Å²) >= 11 is 0. The number of hydrogen-bond acceptors (Lipinski definition) is 8. The topological polar surface area (TPSA) is 113 Å². The molecule has 1 aromatic carbocycles. The minimum Gasteiger partial charge on any atom is -0.384 e. The minimum atomic E-state index is -1.14. The van der Waals surface area contributed by atoms with E-state index in [-0.39, 0.29) is 12.1 Å². The van der Waals surface area contributed by atoms with Crippen LogP contribution in [0.3, 0.4) is 0 Å². The lowest BCUT2D eigenvalue weighted by atomic mass is 10.1. The molecule has 0 atom stereocenters. The number of allylic oxidation sites excluding steroid dienone is 1. The van der Waals surface area contributed by atoms with Gasteiger partial charge in [0.2, 0.25) is 5.95 Å². The van der Waals surface area contributed by atoms with E-state index in [0.29, 0.717) is 28.5 Å². The van der Waals surface area contributed by atoms with Crippen LogP contribution in [0, 0.1) is 0 Å². The number of nitrogens with one attached hydrogen (secondary N) is 2. The maximum Gasteiger partial charge on any atom is 0.278 e. The summed E-state index contributed by atoms with van der Waals surface area (Å²) in [5.74, 6) is 0.815. The van der Waals surface area contributed by atoms with Crippen LogP contribution in [0.1, 0.15) is 26.5 Å². The van der Waals surface area contributed by atoms with Gasteiger partial charge in [-0.2, -0.15) is 4.98 Å². The molecule has 0 fully saturated rings. The molecule has 0 spiro atoms. The summed E-state index contributed by atoms with van der Waals surface area (Å²) < 4.78 is 3.15. The van der Waals surface area contributed by atoms with E-state index in [0.717, 1.165) is 31.0 Å². The lowest BCUT2D eigenvalue weighted by Gasteiger charge is -2.23. The number of anilines is 3. The summed E-state index contributed by atoms with van der Waals surface area (Å²) in [4.78, 5) is 29.2. The molecule has 0 saturated carbocycles. The van der Waals surface area contributed by atoms with E-state index in [4.69, 9.17) is 0 Å². The van der Waals surface area contributed by atoms with E-state index in [2.05, 4.69) is 56.1 Å². The number of pyridine rings is 1. The molecule has 4 aromatic rings. The van der Waals surface area contributed by atoms with Gasteiger partial charge in [-0.15, -0.1) is 6.58 Å². The highest BCUT2D eigenvalue weighted by atomic mass is 16.3. The maximum atomic E-state index is 13.2. The fraction of sp³-hybridized carbons (Fsp3) is 0.333. The van der Waals surface area contributed by atoms with Gasteiger partial charge in [0.15, 0.2) is 11.5 Å². The van der Waals surface area contributed by atoms with Gasteiger partial charge in [-0.25, -0.2) is 19.3 Å². The van der Waals surface area contributed by atoms with Crippen LogP contribution in [0.25, 0.3) is 16.9 Å². The molecule has 10 heteroatoms. The van der Waals surface area contributed by atoms with E-state index >= 15 is 0 Å². The Bertz CT molecular complexity index is 1430. The molecule has 0 aliphatic rings. The van der Waals surface area contributed by atoms with E-state index in [9.17, 15) is 9.90 Å². The summed E-state index contributed by atoms with van der Waals surface area (Å²) in [5, 5.41) is 17.3. The predicted octanol–water partition coefficient (Wildman–Crippen LogP) is 3.18. The van der Waals surface area contributed by atoms with Crippen LogP contribution in [-0.4, -0.2) is 56.1 Å². The van der Waals surface area contributed by atoms with Crippen molar-refractivity contribution in [3.63, 3.8) is 0 Å². The highest BCUT2D eigenvalue weighted by Gasteiger charge is 2.21. The van der Waals surface area contributed by atoms with Gasteiger partial charge in [-0.3, -0.25) is 4.79 Å². The first-order valence-corrected chi connectivity index (χ1v) is 12.3. The fourth-order valence-corrected chi connectivity index (χ4v) is 4.09. The van der Waals surface area contributed by atoms with Gasteiger partial charge < -0.3 is 20.6 Å². The van der Waals surface area contributed by atoms with Gasteiger partial charge in [-0.1, -0.05) is 12.1 Å². The predicted molar refractivity (Wildman–Crippen MR) is 148 cm³/mol. The number of benzene rings is 1. The van der Waals surface area contributed by atoms with Gasteiger partial charge in [0, 0.05) is 37.2 Å². The van der Waals surface area contributed by atoms with Gasteiger partial charge >= 0.3 is 0 Å². The molecule has 37 heavy (non-hydrogen) atoms. The van der Waals surface area contributed by atoms with Gasteiger partial charge in [0.05, 0.1) is 12.2 Å². The number of aliphatic hydroxyl groups is 1. The minimum absolute atomic E-state index is 0.248. The molecule has 0 saturated heterocycles. The van der Waals surface area contributed by atoms with Crippen molar-refractivity contribution in [1.82, 2.24) is 29.6 Å². The van der Waals surface area contributed by atoms with Crippen molar-refractivity contribution >= 4 is 28.4 Å². The van der Waals surface area contributed by atoms with E-state index < -0.39 is 5.60 Å². The first kappa shape index (κ1) is 26.1. The second-order valence-electron chi connectivity index (χ2n) is 9.21. The Morgan fingerprint density at radius 3 is 2.57 bits per heavy atom. The molecule has 0 aliphatic carbocycles. The Balaban J connectivity index is 1.72. The Kier molecular flexibility index (Phi) is 7.70. The number of hydrogen-bond donors (Lipinski definition) is 3. The number of aromatic nitrogens is 5. The fourth-order valence-electron chi connectivity index (χ4n) is 4.09. The number of rotatable bonds is 11. The summed E-state index contributed by atoms with van der Waals surface area (Å²) in [6.07, 6.45) is 3.16. The molecule has 0 amide bonds. The summed E-state index contributed by atoms with van der Waals surface area (Å²) in [6, 6.07) is 13.4. The van der Waals surface area contributed by atoms with Crippen LogP contribution >= 0.6 is 0 Å². The standard InChI is InChI=1S/C27H34N8O2/c1-6-16-34-25(36)21-18-29-26(30-19-11-13-20(14-12-19)33(7-2)17-15-28-5)32-24(21)35(34)23-10-8-9-22(31-23)27(3,4)37/h6,8-14,18,28,37H,1,7,15-17H2,2-5H3,(H,29,30,32). The zero-order valence-electron chi connectivity index (χ0n) is 21.8. The van der Waals surface area contributed by atoms with Gasteiger partial charge in [-0.05, 0) is 64.2 Å². The van der Waals surface area contributed by atoms with Crippen molar-refractivity contribution < 1.29 is 5.11 Å². The average molecular weight is 503 g/mol. The molecule has 0 radical (unpaired) electrons. The largest absolute Gasteiger partial charge is 0.384 e. The molecule has 0 aliphatic heterocycles. The molecular formula is C27H34N8O2. The van der Waals surface area contributed by atoms with Crippen molar-refractivity contribution in [2.45, 2.75) is 32.9 Å². The van der Waals surface area contributed by atoms with E-state index in [1.54, 1.807) is 42.8 Å².